The van der Waals surface area contributed by atoms with Gasteiger partial charge in [-0.2, -0.15) is 5.10 Å². The molecule has 0 saturated carbocycles. The quantitative estimate of drug-likeness (QED) is 0.851. The lowest BCUT2D eigenvalue weighted by Crippen LogP contribution is -2.00. The van der Waals surface area contributed by atoms with Gasteiger partial charge in [0.1, 0.15) is 5.75 Å². The van der Waals surface area contributed by atoms with E-state index in [1.54, 1.807) is 11.8 Å². The van der Waals surface area contributed by atoms with Crippen molar-refractivity contribution in [2.24, 2.45) is 7.05 Å². The molecule has 1 aromatic carbocycles. The fourth-order valence-corrected chi connectivity index (χ4v) is 1.46. The zero-order valence-electron chi connectivity index (χ0n) is 9.47. The number of ether oxygens (including phenoxy) is 1. The molecule has 0 spiro atoms. The summed E-state index contributed by atoms with van der Waals surface area (Å²) in [5.41, 5.74) is 2.09. The fourth-order valence-electron chi connectivity index (χ4n) is 1.46. The van der Waals surface area contributed by atoms with Crippen LogP contribution in [-0.4, -0.2) is 16.9 Å². The van der Waals surface area contributed by atoms with Crippen LogP contribution in [0.25, 0.3) is 0 Å². The van der Waals surface area contributed by atoms with Crippen LogP contribution >= 0.6 is 0 Å². The average Bonchev–Trinajstić information content (AvgIpc) is 2.73. The molecule has 16 heavy (non-hydrogen) atoms. The Balaban J connectivity index is 1.94. The van der Waals surface area contributed by atoms with Crippen molar-refractivity contribution in [3.8, 4) is 5.75 Å². The molecule has 0 amide bonds. The van der Waals surface area contributed by atoms with Gasteiger partial charge in [-0.15, -0.1) is 0 Å². The Labute approximate surface area is 94.9 Å². The summed E-state index contributed by atoms with van der Waals surface area (Å²) in [4.78, 5) is 0. The van der Waals surface area contributed by atoms with E-state index in [1.165, 1.54) is 0 Å². The molecule has 0 saturated heterocycles. The van der Waals surface area contributed by atoms with Crippen LogP contribution < -0.4 is 10.1 Å². The van der Waals surface area contributed by atoms with Crippen LogP contribution in [0.3, 0.4) is 0 Å². The number of hydrogen-bond donors (Lipinski definition) is 1. The fraction of sp³-hybridized carbons (Fsp3) is 0.250. The predicted molar refractivity (Wildman–Crippen MR) is 63.5 cm³/mol. The summed E-state index contributed by atoms with van der Waals surface area (Å²) in [6.07, 6.45) is 1.94. The lowest BCUT2D eigenvalue weighted by atomic mass is 10.3. The van der Waals surface area contributed by atoms with Gasteiger partial charge in [-0.3, -0.25) is 4.68 Å². The van der Waals surface area contributed by atoms with Crippen LogP contribution in [0.4, 0.5) is 5.69 Å². The minimum atomic E-state index is 0.729. The average molecular weight is 217 g/mol. The third kappa shape index (κ3) is 2.53. The Hall–Kier alpha value is -1.97. The summed E-state index contributed by atoms with van der Waals surface area (Å²) in [7, 11) is 3.58. The summed E-state index contributed by atoms with van der Waals surface area (Å²) in [5.74, 6) is 0.864. The third-order valence-electron chi connectivity index (χ3n) is 2.33. The molecule has 4 heteroatoms. The molecule has 1 N–H and O–H groups in total. The molecule has 2 aromatic rings. The molecule has 4 nitrogen and oxygen atoms in total. The maximum Gasteiger partial charge on any atom is 0.119 e. The van der Waals surface area contributed by atoms with Gasteiger partial charge in [0.05, 0.1) is 19.3 Å². The van der Waals surface area contributed by atoms with E-state index in [1.807, 2.05) is 43.6 Å². The summed E-state index contributed by atoms with van der Waals surface area (Å²) in [6, 6.07) is 9.83. The molecule has 84 valence electrons. The van der Waals surface area contributed by atoms with E-state index < -0.39 is 0 Å². The van der Waals surface area contributed by atoms with Gasteiger partial charge in [0.15, 0.2) is 0 Å². The number of nitrogens with one attached hydrogen (secondary N) is 1. The van der Waals surface area contributed by atoms with E-state index >= 15 is 0 Å². The molecular formula is C12H15N3O. The number of aryl methyl sites for hydroxylation is 1. The summed E-state index contributed by atoms with van der Waals surface area (Å²) in [6.45, 7) is 0.729. The highest BCUT2D eigenvalue weighted by molar-refractivity contribution is 5.46. The number of anilines is 1. The minimum absolute atomic E-state index is 0.729. The van der Waals surface area contributed by atoms with Crippen molar-refractivity contribution in [1.29, 1.82) is 0 Å². The van der Waals surface area contributed by atoms with Gasteiger partial charge in [-0.25, -0.2) is 0 Å². The SMILES string of the molecule is COc1ccc(NCc2ccn(C)n2)cc1. The molecular weight excluding hydrogens is 202 g/mol. The summed E-state index contributed by atoms with van der Waals surface area (Å²) in [5, 5.41) is 7.58. The van der Waals surface area contributed by atoms with Crippen molar-refractivity contribution < 1.29 is 4.74 Å². The van der Waals surface area contributed by atoms with Crippen LogP contribution in [-0.2, 0) is 13.6 Å². The van der Waals surface area contributed by atoms with Gasteiger partial charge in [0.25, 0.3) is 0 Å². The van der Waals surface area contributed by atoms with E-state index in [9.17, 15) is 0 Å². The van der Waals surface area contributed by atoms with E-state index in [2.05, 4.69) is 10.4 Å². The van der Waals surface area contributed by atoms with Crippen LogP contribution in [0, 0.1) is 0 Å². The van der Waals surface area contributed by atoms with Crippen molar-refractivity contribution in [2.45, 2.75) is 6.54 Å². The standard InChI is InChI=1S/C12H15N3O/c1-15-8-7-11(14-15)9-13-10-3-5-12(16-2)6-4-10/h3-8,13H,9H2,1-2H3. The zero-order valence-corrected chi connectivity index (χ0v) is 9.47. The second-order valence-electron chi connectivity index (χ2n) is 3.56. The van der Waals surface area contributed by atoms with E-state index in [-0.39, 0.29) is 0 Å². The minimum Gasteiger partial charge on any atom is -0.497 e. The largest absolute Gasteiger partial charge is 0.497 e. The molecule has 1 aromatic heterocycles. The maximum atomic E-state index is 5.09. The number of benzene rings is 1. The molecule has 2 rings (SSSR count). The van der Waals surface area contributed by atoms with Crippen molar-refractivity contribution in [1.82, 2.24) is 9.78 Å². The van der Waals surface area contributed by atoms with Gasteiger partial charge in [-0.1, -0.05) is 0 Å². The highest BCUT2D eigenvalue weighted by atomic mass is 16.5. The van der Waals surface area contributed by atoms with Gasteiger partial charge in [-0.05, 0) is 30.3 Å². The molecule has 0 radical (unpaired) electrons. The van der Waals surface area contributed by atoms with Crippen LogP contribution in [0.15, 0.2) is 36.5 Å². The van der Waals surface area contributed by atoms with Crippen molar-refractivity contribution in [2.75, 3.05) is 12.4 Å². The first-order chi connectivity index (χ1) is 7.78. The summed E-state index contributed by atoms with van der Waals surface area (Å²) >= 11 is 0. The first kappa shape index (κ1) is 10.5. The number of hydrogen-bond acceptors (Lipinski definition) is 3. The highest BCUT2D eigenvalue weighted by Crippen LogP contribution is 2.15. The third-order valence-corrected chi connectivity index (χ3v) is 2.33. The number of methoxy groups -OCH3 is 1. The molecule has 0 bridgehead atoms. The number of rotatable bonds is 4. The zero-order chi connectivity index (χ0) is 11.4. The first-order valence-electron chi connectivity index (χ1n) is 5.14. The Morgan fingerprint density at radius 2 is 2.00 bits per heavy atom. The lowest BCUT2D eigenvalue weighted by molar-refractivity contribution is 0.415. The van der Waals surface area contributed by atoms with E-state index in [0.29, 0.717) is 0 Å². The number of nitrogens with zero attached hydrogens (tertiary/aromatic N) is 2. The molecule has 0 unspecified atom stereocenters. The Kier molecular flexibility index (Phi) is 3.10. The van der Waals surface area contributed by atoms with Crippen molar-refractivity contribution in [3.63, 3.8) is 0 Å². The molecule has 0 aliphatic heterocycles. The highest BCUT2D eigenvalue weighted by Gasteiger charge is 1.97. The first-order valence-corrected chi connectivity index (χ1v) is 5.14. The topological polar surface area (TPSA) is 39.1 Å². The van der Waals surface area contributed by atoms with Gasteiger partial charge in [0, 0.05) is 18.9 Å². The van der Waals surface area contributed by atoms with Gasteiger partial charge >= 0.3 is 0 Å². The summed E-state index contributed by atoms with van der Waals surface area (Å²) < 4.78 is 6.89. The van der Waals surface area contributed by atoms with Crippen LogP contribution in [0.2, 0.25) is 0 Å². The van der Waals surface area contributed by atoms with Crippen LogP contribution in [0.5, 0.6) is 5.75 Å². The predicted octanol–water partition coefficient (Wildman–Crippen LogP) is 2.04. The molecule has 0 aliphatic carbocycles. The Morgan fingerprint density at radius 3 is 2.56 bits per heavy atom. The normalized spacial score (nSPS) is 10.1. The molecule has 0 atom stereocenters. The lowest BCUT2D eigenvalue weighted by Gasteiger charge is -2.05. The van der Waals surface area contributed by atoms with E-state index in [0.717, 1.165) is 23.7 Å². The molecule has 0 aliphatic rings. The van der Waals surface area contributed by atoms with Gasteiger partial charge < -0.3 is 10.1 Å². The smallest absolute Gasteiger partial charge is 0.119 e. The van der Waals surface area contributed by atoms with Gasteiger partial charge in [0.2, 0.25) is 0 Å². The van der Waals surface area contributed by atoms with E-state index in [4.69, 9.17) is 4.74 Å². The van der Waals surface area contributed by atoms with Crippen LogP contribution in [0.1, 0.15) is 5.69 Å². The Morgan fingerprint density at radius 1 is 1.25 bits per heavy atom. The van der Waals surface area contributed by atoms with Crippen molar-refractivity contribution >= 4 is 5.69 Å². The molecule has 1 heterocycles. The Bertz CT molecular complexity index is 448. The number of aromatic nitrogens is 2. The molecule has 0 fully saturated rings. The second kappa shape index (κ2) is 4.70. The monoisotopic (exact) mass is 217 g/mol. The second-order valence-corrected chi connectivity index (χ2v) is 3.56. The van der Waals surface area contributed by atoms with Crippen molar-refractivity contribution in [3.05, 3.63) is 42.2 Å². The maximum absolute atomic E-state index is 5.09.